The van der Waals surface area contributed by atoms with Crippen LogP contribution in [0.5, 0.6) is 0 Å². The predicted octanol–water partition coefficient (Wildman–Crippen LogP) is 5.54. The van der Waals surface area contributed by atoms with E-state index in [1.165, 1.54) is 5.56 Å². The van der Waals surface area contributed by atoms with Gasteiger partial charge in [0.2, 0.25) is 0 Å². The molecule has 14 heavy (non-hydrogen) atoms. The molecule has 0 nitrogen and oxygen atoms in total. The Morgan fingerprint density at radius 3 is 2.43 bits per heavy atom. The second kappa shape index (κ2) is 4.04. The Morgan fingerprint density at radius 1 is 1.14 bits per heavy atom. The van der Waals surface area contributed by atoms with E-state index in [1.807, 2.05) is 0 Å². The average molecular weight is 689 g/mol. The Bertz CT molecular complexity index is 394. The number of hydrogen-bond acceptors (Lipinski definition) is 0. The van der Waals surface area contributed by atoms with Gasteiger partial charge in [-0.3, -0.25) is 0 Å². The molecule has 1 aliphatic rings. The summed E-state index contributed by atoms with van der Waals surface area (Å²) in [5, 5.41) is 0. The third kappa shape index (κ3) is 2.64. The van der Waals surface area contributed by atoms with Crippen molar-refractivity contribution in [2.75, 3.05) is 0 Å². The van der Waals surface area contributed by atoms with Crippen molar-refractivity contribution in [3.05, 3.63) is 41.5 Å². The quantitative estimate of drug-likeness (QED) is 0.269. The Hall–Kier alpha value is 2.02. The molecule has 0 amide bonds. The van der Waals surface area contributed by atoms with Crippen LogP contribution in [0, 0.1) is 0 Å². The number of fused-ring (bicyclic) bond motifs is 1. The molecule has 1 unspecified atom stereocenters. The van der Waals surface area contributed by atoms with Crippen molar-refractivity contribution in [3.63, 3.8) is 0 Å². The fourth-order valence-corrected chi connectivity index (χ4v) is 20.3. The average Bonchev–Trinajstić information content (AvgIpc) is 2.44. The number of hydrogen-bond donors (Lipinski definition) is 0. The van der Waals surface area contributed by atoms with Crippen LogP contribution in [0.15, 0.2) is 30.3 Å². The first-order valence-corrected chi connectivity index (χ1v) is 40.7. The normalized spacial score (nSPS) is 22.9. The molecule has 0 fully saturated rings. The first-order valence-electron chi connectivity index (χ1n) is 4.43. The number of rotatable bonds is 1. The predicted molar refractivity (Wildman–Crippen MR) is 86.1 cm³/mol. The summed E-state index contributed by atoms with van der Waals surface area (Å²) in [6.45, 7) is 0. The second-order valence-corrected chi connectivity index (χ2v) is 135. The zero-order chi connectivity index (χ0) is 10.4. The van der Waals surface area contributed by atoms with E-state index in [1.54, 1.807) is 5.56 Å². The van der Waals surface area contributed by atoms with Crippen LogP contribution in [0.2, 0.25) is 4.68 Å². The summed E-state index contributed by atoms with van der Waals surface area (Å²) >= 11 is 8.25. The molecule has 4 heteroatoms. The van der Waals surface area contributed by atoms with Crippen molar-refractivity contribution < 1.29 is 6.03 Å². The Labute approximate surface area is 114 Å². The van der Waals surface area contributed by atoms with Crippen LogP contribution in [-0.4, -0.2) is 0 Å². The molecule has 2 rings (SSSR count). The van der Waals surface area contributed by atoms with Gasteiger partial charge in [0.25, 0.3) is 0 Å². The Kier molecular flexibility index (Phi) is 3.60. The van der Waals surface area contributed by atoms with Crippen molar-refractivity contribution in [3.8, 4) is 0 Å². The topological polar surface area (TPSA) is 0 Å². The third-order valence-electron chi connectivity index (χ3n) is 2.46. The molecule has 1 aliphatic carbocycles. The van der Waals surface area contributed by atoms with E-state index in [4.69, 9.17) is 0 Å². The van der Waals surface area contributed by atoms with Crippen molar-refractivity contribution in [1.82, 2.24) is 0 Å². The Morgan fingerprint density at radius 2 is 1.79 bits per heavy atom. The van der Waals surface area contributed by atoms with E-state index < -0.39 is 6.03 Å². The molecule has 0 saturated carbocycles. The van der Waals surface area contributed by atoms with Gasteiger partial charge in [-0.1, -0.05) is 0 Å². The molecular formula is C10H10HfI3. The summed E-state index contributed by atoms with van der Waals surface area (Å²) < 4.78 is 3.21. The summed E-state index contributed by atoms with van der Waals surface area (Å²) in [7, 11) is 0. The van der Waals surface area contributed by atoms with Crippen LogP contribution in [0.4, 0.5) is 0 Å². The number of benzene rings is 1. The van der Waals surface area contributed by atoms with Crippen LogP contribution in [0.25, 0.3) is 6.08 Å². The summed E-state index contributed by atoms with van der Waals surface area (Å²) in [4.78, 5) is 0. The van der Waals surface area contributed by atoms with Crippen LogP contribution in [-0.2, 0) is 6.03 Å². The molecular weight excluding hydrogens is 679 g/mol. The first-order chi connectivity index (χ1) is 6.35. The van der Waals surface area contributed by atoms with Crippen LogP contribution in [0.1, 0.15) is 14.8 Å². The number of allylic oxidation sites excluding steroid dienone is 1. The van der Waals surface area contributed by atoms with Gasteiger partial charge in [-0.05, 0) is 0 Å². The molecule has 75 valence electrons. The van der Waals surface area contributed by atoms with Gasteiger partial charge >= 0.3 is 116 Å². The van der Waals surface area contributed by atoms with Gasteiger partial charge in [-0.25, -0.2) is 0 Å². The molecule has 1 aromatic carbocycles. The molecule has 0 heterocycles. The summed E-state index contributed by atoms with van der Waals surface area (Å²) in [6, 6.07) is 6.19. The third-order valence-corrected chi connectivity index (χ3v) is 25.5. The monoisotopic (exact) mass is 691 g/mol. The molecule has 0 bridgehead atoms. The standard InChI is InChI=1S/C9H7.CH3.Hf.3HI/c1-2-5-9-7-3-6-8(9)4-1;;;;;/h1-7H;1H3;;3*1H/q;;+3;;;/p-3. The maximum atomic E-state index is 2.75. The summed E-state index contributed by atoms with van der Waals surface area (Å²) in [5.41, 5.74) is 2.97. The van der Waals surface area contributed by atoms with E-state index in [2.05, 4.69) is 95.5 Å². The van der Waals surface area contributed by atoms with Gasteiger partial charge < -0.3 is 0 Å². The Balaban J connectivity index is 2.51. The van der Waals surface area contributed by atoms with E-state index in [-0.39, 0.29) is 0 Å². The SMILES string of the molecule is [CH3][Hf]([I])([I])([I])[CH]1C=Cc2ccccc21. The van der Waals surface area contributed by atoms with Gasteiger partial charge in [0, 0.05) is 0 Å². The van der Waals surface area contributed by atoms with Crippen LogP contribution >= 0.6 is 54.4 Å². The fourth-order valence-electron chi connectivity index (χ4n) is 1.79. The van der Waals surface area contributed by atoms with E-state index in [0.717, 1.165) is 0 Å². The molecule has 0 aromatic heterocycles. The summed E-state index contributed by atoms with van der Waals surface area (Å²) in [5.74, 6) is 0. The molecule has 1 atom stereocenters. The van der Waals surface area contributed by atoms with Gasteiger partial charge in [0.1, 0.15) is 0 Å². The van der Waals surface area contributed by atoms with Crippen molar-refractivity contribution in [2.45, 2.75) is 8.35 Å². The second-order valence-electron chi connectivity index (χ2n) is 3.86. The zero-order valence-corrected chi connectivity index (χ0v) is 17.7. The van der Waals surface area contributed by atoms with E-state index >= 15 is 0 Å². The number of halogens is 3. The summed E-state index contributed by atoms with van der Waals surface area (Å²) in [6.07, 6.45) is 4.70. The minimum absolute atomic E-state index is 0.713. The van der Waals surface area contributed by atoms with Gasteiger partial charge in [-0.15, -0.1) is 0 Å². The van der Waals surface area contributed by atoms with E-state index in [9.17, 15) is 0 Å². The van der Waals surface area contributed by atoms with Gasteiger partial charge in [-0.2, -0.15) is 0 Å². The molecule has 0 radical (unpaired) electrons. The molecule has 1 aromatic rings. The van der Waals surface area contributed by atoms with Crippen molar-refractivity contribution in [1.29, 1.82) is 0 Å². The molecule has 0 spiro atoms. The molecule has 0 saturated heterocycles. The van der Waals surface area contributed by atoms with Crippen LogP contribution < -0.4 is 0 Å². The van der Waals surface area contributed by atoms with Crippen molar-refractivity contribution in [2.24, 2.45) is 0 Å². The maximum absolute atomic E-state index is 2.75. The first kappa shape index (κ1) is 12.5. The van der Waals surface area contributed by atoms with Gasteiger partial charge in [0.05, 0.1) is 0 Å². The van der Waals surface area contributed by atoms with Crippen LogP contribution in [0.3, 0.4) is 0 Å². The van der Waals surface area contributed by atoms with E-state index in [0.29, 0.717) is 3.67 Å². The molecule has 0 aliphatic heterocycles. The van der Waals surface area contributed by atoms with Crippen molar-refractivity contribution >= 4 is 60.5 Å². The van der Waals surface area contributed by atoms with Gasteiger partial charge in [0.15, 0.2) is 0 Å². The zero-order valence-electron chi connectivity index (χ0n) is 7.68. The fraction of sp³-hybridized carbons (Fsp3) is 0.200. The molecule has 0 N–H and O–H groups in total. The minimum atomic E-state index is -2.60.